The van der Waals surface area contributed by atoms with Crippen molar-refractivity contribution in [1.82, 2.24) is 0 Å². The molecule has 0 fully saturated rings. The van der Waals surface area contributed by atoms with Crippen molar-refractivity contribution in [1.29, 1.82) is 0 Å². The molecule has 2 heteroatoms. The second-order valence-corrected chi connectivity index (χ2v) is 6.25. The zero-order valence-corrected chi connectivity index (χ0v) is 9.62. The second-order valence-electron chi connectivity index (χ2n) is 4.33. The summed E-state index contributed by atoms with van der Waals surface area (Å²) < 4.78 is 0.289. The fourth-order valence-electron chi connectivity index (χ4n) is 0.746. The molecular formula is C10H20OS. The van der Waals surface area contributed by atoms with E-state index >= 15 is 0 Å². The molecule has 0 saturated carbocycles. The second kappa shape index (κ2) is 4.90. The molecular weight excluding hydrogens is 168 g/mol. The minimum absolute atomic E-state index is 0.200. The first-order chi connectivity index (χ1) is 5.33. The van der Waals surface area contributed by atoms with Crippen LogP contribution < -0.4 is 0 Å². The lowest BCUT2D eigenvalue weighted by atomic mass is 10.1. The Morgan fingerprint density at radius 1 is 1.33 bits per heavy atom. The molecule has 0 atom stereocenters. The molecule has 0 heterocycles. The average molecular weight is 188 g/mol. The van der Waals surface area contributed by atoms with Crippen molar-refractivity contribution in [2.24, 2.45) is 5.92 Å². The number of carbonyl (C=O) groups is 1. The first-order valence-corrected chi connectivity index (χ1v) is 5.48. The van der Waals surface area contributed by atoms with Gasteiger partial charge in [0, 0.05) is 22.8 Å². The van der Waals surface area contributed by atoms with Gasteiger partial charge < -0.3 is 0 Å². The van der Waals surface area contributed by atoms with Gasteiger partial charge in [0.25, 0.3) is 0 Å². The van der Waals surface area contributed by atoms with E-state index in [1.165, 1.54) is 0 Å². The molecule has 12 heavy (non-hydrogen) atoms. The van der Waals surface area contributed by atoms with Gasteiger partial charge in [0.1, 0.15) is 5.78 Å². The highest BCUT2D eigenvalue weighted by Crippen LogP contribution is 2.23. The van der Waals surface area contributed by atoms with Gasteiger partial charge in [-0.1, -0.05) is 34.6 Å². The lowest BCUT2D eigenvalue weighted by molar-refractivity contribution is -0.121. The number of hydrogen-bond acceptors (Lipinski definition) is 2. The summed E-state index contributed by atoms with van der Waals surface area (Å²) in [5, 5.41) is 0. The molecule has 0 spiro atoms. The van der Waals surface area contributed by atoms with Gasteiger partial charge in [-0.05, 0) is 0 Å². The largest absolute Gasteiger partial charge is 0.299 e. The van der Waals surface area contributed by atoms with E-state index in [1.54, 1.807) is 0 Å². The Labute approximate surface area is 80.3 Å². The Hall–Kier alpha value is 0.0200. The van der Waals surface area contributed by atoms with Crippen molar-refractivity contribution in [2.45, 2.75) is 45.8 Å². The van der Waals surface area contributed by atoms with Crippen molar-refractivity contribution < 1.29 is 4.79 Å². The Kier molecular flexibility index (Phi) is 4.91. The predicted molar refractivity (Wildman–Crippen MR) is 56.7 cm³/mol. The molecule has 0 aromatic rings. The summed E-state index contributed by atoms with van der Waals surface area (Å²) in [5.74, 6) is 1.54. The molecule has 0 amide bonds. The number of hydrogen-bond donors (Lipinski definition) is 0. The molecule has 1 nitrogen and oxygen atoms in total. The zero-order chi connectivity index (χ0) is 9.78. The van der Waals surface area contributed by atoms with Gasteiger partial charge in [-0.2, -0.15) is 11.8 Å². The fraction of sp³-hybridized carbons (Fsp3) is 0.900. The number of thioether (sulfide) groups is 1. The monoisotopic (exact) mass is 188 g/mol. The Bertz CT molecular complexity index is 144. The van der Waals surface area contributed by atoms with E-state index in [0.29, 0.717) is 5.78 Å². The molecule has 0 rings (SSSR count). The van der Waals surface area contributed by atoms with E-state index < -0.39 is 0 Å². The lowest BCUT2D eigenvalue weighted by Gasteiger charge is -2.17. The van der Waals surface area contributed by atoms with Crippen LogP contribution in [0.25, 0.3) is 0 Å². The van der Waals surface area contributed by atoms with Crippen LogP contribution in [-0.2, 0) is 4.79 Å². The third-order valence-corrected chi connectivity index (χ3v) is 2.80. The number of Topliss-reactive ketones (excluding diaryl/α,β-unsaturated/α-hetero) is 1. The Morgan fingerprint density at radius 2 is 1.83 bits per heavy atom. The number of carbonyl (C=O) groups excluding carboxylic acids is 1. The summed E-state index contributed by atoms with van der Waals surface area (Å²) in [7, 11) is 0. The van der Waals surface area contributed by atoms with E-state index in [2.05, 4.69) is 20.8 Å². The van der Waals surface area contributed by atoms with E-state index in [-0.39, 0.29) is 10.7 Å². The van der Waals surface area contributed by atoms with Crippen LogP contribution in [0.15, 0.2) is 0 Å². The maximum absolute atomic E-state index is 11.2. The number of ketones is 1. The van der Waals surface area contributed by atoms with Gasteiger partial charge in [0.05, 0.1) is 0 Å². The van der Waals surface area contributed by atoms with Gasteiger partial charge in [-0.25, -0.2) is 0 Å². The van der Waals surface area contributed by atoms with Crippen LogP contribution in [0.5, 0.6) is 0 Å². The highest BCUT2D eigenvalue weighted by Gasteiger charge is 2.12. The summed E-state index contributed by atoms with van der Waals surface area (Å²) in [6, 6.07) is 0. The molecule has 0 radical (unpaired) electrons. The summed E-state index contributed by atoms with van der Waals surface area (Å²) in [5.41, 5.74) is 0. The van der Waals surface area contributed by atoms with Gasteiger partial charge in [0.2, 0.25) is 0 Å². The zero-order valence-electron chi connectivity index (χ0n) is 8.81. The maximum atomic E-state index is 11.2. The third kappa shape index (κ3) is 6.71. The van der Waals surface area contributed by atoms with Gasteiger partial charge in [-0.3, -0.25) is 4.79 Å². The van der Waals surface area contributed by atoms with Crippen molar-refractivity contribution in [3.63, 3.8) is 0 Å². The SMILES string of the molecule is CC(C)C(=O)CCSC(C)(C)C. The fourth-order valence-corrected chi connectivity index (χ4v) is 1.66. The minimum Gasteiger partial charge on any atom is -0.299 e. The molecule has 0 unspecified atom stereocenters. The molecule has 0 aliphatic rings. The highest BCUT2D eigenvalue weighted by atomic mass is 32.2. The van der Waals surface area contributed by atoms with Gasteiger partial charge in [-0.15, -0.1) is 0 Å². The number of rotatable bonds is 4. The molecule has 0 aromatic carbocycles. The van der Waals surface area contributed by atoms with Crippen LogP contribution in [0.4, 0.5) is 0 Å². The van der Waals surface area contributed by atoms with E-state index in [0.717, 1.165) is 12.2 Å². The molecule has 0 aliphatic carbocycles. The molecule has 0 N–H and O–H groups in total. The van der Waals surface area contributed by atoms with Gasteiger partial charge >= 0.3 is 0 Å². The van der Waals surface area contributed by atoms with E-state index in [1.807, 2.05) is 25.6 Å². The highest BCUT2D eigenvalue weighted by molar-refractivity contribution is 8.00. The van der Waals surface area contributed by atoms with Crippen molar-refractivity contribution >= 4 is 17.5 Å². The molecule has 0 aliphatic heterocycles. The lowest BCUT2D eigenvalue weighted by Crippen LogP contribution is -2.12. The molecule has 0 bridgehead atoms. The first kappa shape index (κ1) is 12.0. The molecule has 72 valence electrons. The smallest absolute Gasteiger partial charge is 0.136 e. The summed E-state index contributed by atoms with van der Waals surface area (Å²) in [6.07, 6.45) is 0.722. The topological polar surface area (TPSA) is 17.1 Å². The Morgan fingerprint density at radius 3 is 2.17 bits per heavy atom. The molecule has 0 saturated heterocycles. The average Bonchev–Trinajstić information content (AvgIpc) is 1.84. The van der Waals surface area contributed by atoms with Crippen LogP contribution in [0.3, 0.4) is 0 Å². The predicted octanol–water partition coefficient (Wildman–Crippen LogP) is 3.13. The van der Waals surface area contributed by atoms with Gasteiger partial charge in [0.15, 0.2) is 0 Å². The van der Waals surface area contributed by atoms with Crippen molar-refractivity contribution in [2.75, 3.05) is 5.75 Å². The van der Waals surface area contributed by atoms with Crippen LogP contribution in [-0.4, -0.2) is 16.3 Å². The van der Waals surface area contributed by atoms with E-state index in [9.17, 15) is 4.79 Å². The Balaban J connectivity index is 3.51. The van der Waals surface area contributed by atoms with Crippen molar-refractivity contribution in [3.05, 3.63) is 0 Å². The van der Waals surface area contributed by atoms with Crippen LogP contribution >= 0.6 is 11.8 Å². The summed E-state index contributed by atoms with van der Waals surface area (Å²) in [4.78, 5) is 11.2. The third-order valence-electron chi connectivity index (χ3n) is 1.53. The van der Waals surface area contributed by atoms with Crippen LogP contribution in [0, 0.1) is 5.92 Å². The normalized spacial score (nSPS) is 12.2. The summed E-state index contributed by atoms with van der Waals surface area (Å²) >= 11 is 1.86. The molecule has 0 aromatic heterocycles. The minimum atomic E-state index is 0.200. The maximum Gasteiger partial charge on any atom is 0.136 e. The first-order valence-electron chi connectivity index (χ1n) is 4.49. The van der Waals surface area contributed by atoms with Crippen LogP contribution in [0.1, 0.15) is 41.0 Å². The van der Waals surface area contributed by atoms with E-state index in [4.69, 9.17) is 0 Å². The van der Waals surface area contributed by atoms with Crippen LogP contribution in [0.2, 0.25) is 0 Å². The van der Waals surface area contributed by atoms with Crippen molar-refractivity contribution in [3.8, 4) is 0 Å². The quantitative estimate of drug-likeness (QED) is 0.674. The summed E-state index contributed by atoms with van der Waals surface area (Å²) in [6.45, 7) is 10.5. The standard InChI is InChI=1S/C10H20OS/c1-8(2)9(11)6-7-12-10(3,4)5/h8H,6-7H2,1-5H3.